The van der Waals surface area contributed by atoms with Crippen LogP contribution >= 0.6 is 0 Å². The lowest BCUT2D eigenvalue weighted by molar-refractivity contribution is -0.122. The maximum Gasteiger partial charge on any atom is 0.220 e. The van der Waals surface area contributed by atoms with Crippen molar-refractivity contribution in [3.05, 3.63) is 29.8 Å². The fourth-order valence-electron chi connectivity index (χ4n) is 2.45. The number of nitrogen functional groups attached to an aromatic ring is 1. The van der Waals surface area contributed by atoms with Gasteiger partial charge in [-0.25, -0.2) is 0 Å². The second-order valence-electron chi connectivity index (χ2n) is 5.37. The van der Waals surface area contributed by atoms with E-state index in [0.717, 1.165) is 38.0 Å². The van der Waals surface area contributed by atoms with Crippen LogP contribution < -0.4 is 11.1 Å². The van der Waals surface area contributed by atoms with Gasteiger partial charge < -0.3 is 15.8 Å². The van der Waals surface area contributed by atoms with Gasteiger partial charge in [-0.1, -0.05) is 12.1 Å². The summed E-state index contributed by atoms with van der Waals surface area (Å²) in [6, 6.07) is 7.77. The first kappa shape index (κ1) is 14.9. The average molecular weight is 276 g/mol. The molecule has 110 valence electrons. The lowest BCUT2D eigenvalue weighted by atomic mass is 10.0. The monoisotopic (exact) mass is 276 g/mol. The molecule has 0 saturated carbocycles. The van der Waals surface area contributed by atoms with E-state index in [1.54, 1.807) is 0 Å². The van der Waals surface area contributed by atoms with E-state index in [4.69, 9.17) is 10.5 Å². The van der Waals surface area contributed by atoms with Crippen LogP contribution in [0.3, 0.4) is 0 Å². The van der Waals surface area contributed by atoms with E-state index in [-0.39, 0.29) is 12.0 Å². The molecule has 1 aliphatic heterocycles. The second-order valence-corrected chi connectivity index (χ2v) is 5.37. The number of nitrogens with two attached hydrogens (primary N) is 1. The molecule has 1 heterocycles. The smallest absolute Gasteiger partial charge is 0.220 e. The summed E-state index contributed by atoms with van der Waals surface area (Å²) < 4.78 is 5.62. The van der Waals surface area contributed by atoms with Gasteiger partial charge in [0, 0.05) is 25.3 Å². The molecule has 1 amide bonds. The maximum absolute atomic E-state index is 11.7. The molecule has 1 fully saturated rings. The summed E-state index contributed by atoms with van der Waals surface area (Å²) in [4.78, 5) is 11.7. The van der Waals surface area contributed by atoms with Crippen molar-refractivity contribution in [1.29, 1.82) is 0 Å². The first-order valence-corrected chi connectivity index (χ1v) is 7.47. The molecule has 0 spiro atoms. The van der Waals surface area contributed by atoms with Crippen LogP contribution in [-0.2, 0) is 16.0 Å². The standard InChI is InChI=1S/C16H24N2O2/c17-14-6-4-13(5-7-14)10-11-18-16(19)9-8-15-3-1-2-12-20-15/h4-7,15H,1-3,8-12,17H2,(H,18,19). The van der Waals surface area contributed by atoms with Gasteiger partial charge in [0.25, 0.3) is 0 Å². The van der Waals surface area contributed by atoms with E-state index in [0.29, 0.717) is 13.0 Å². The van der Waals surface area contributed by atoms with Gasteiger partial charge in [-0.2, -0.15) is 0 Å². The molecule has 0 aromatic heterocycles. The Morgan fingerprint density at radius 3 is 2.80 bits per heavy atom. The molecule has 3 N–H and O–H groups in total. The highest BCUT2D eigenvalue weighted by Crippen LogP contribution is 2.16. The predicted octanol–water partition coefficient (Wildman–Crippen LogP) is 2.28. The maximum atomic E-state index is 11.7. The van der Waals surface area contributed by atoms with Gasteiger partial charge in [-0.3, -0.25) is 4.79 Å². The largest absolute Gasteiger partial charge is 0.399 e. The third-order valence-electron chi connectivity index (χ3n) is 3.68. The number of nitrogens with one attached hydrogen (secondary N) is 1. The molecule has 2 rings (SSSR count). The summed E-state index contributed by atoms with van der Waals surface area (Å²) in [5.41, 5.74) is 7.59. The Balaban J connectivity index is 1.58. The van der Waals surface area contributed by atoms with Crippen molar-refractivity contribution in [3.8, 4) is 0 Å². The van der Waals surface area contributed by atoms with E-state index >= 15 is 0 Å². The molecule has 4 nitrogen and oxygen atoms in total. The Labute approximate surface area is 120 Å². The number of carbonyl (C=O) groups is 1. The van der Waals surface area contributed by atoms with E-state index in [2.05, 4.69) is 5.32 Å². The van der Waals surface area contributed by atoms with Crippen molar-refractivity contribution in [3.63, 3.8) is 0 Å². The fourth-order valence-corrected chi connectivity index (χ4v) is 2.45. The number of amides is 1. The number of hydrogen-bond acceptors (Lipinski definition) is 3. The zero-order chi connectivity index (χ0) is 14.2. The average Bonchev–Trinajstić information content (AvgIpc) is 2.48. The Bertz CT molecular complexity index is 411. The zero-order valence-corrected chi connectivity index (χ0v) is 11.9. The molecule has 1 saturated heterocycles. The predicted molar refractivity (Wildman–Crippen MR) is 80.4 cm³/mol. The van der Waals surface area contributed by atoms with Crippen LogP contribution in [0.15, 0.2) is 24.3 Å². The summed E-state index contributed by atoms with van der Waals surface area (Å²) in [7, 11) is 0. The Morgan fingerprint density at radius 2 is 2.10 bits per heavy atom. The summed E-state index contributed by atoms with van der Waals surface area (Å²) in [6.07, 6.45) is 6.00. The molecule has 1 aliphatic rings. The van der Waals surface area contributed by atoms with Crippen LogP contribution in [0.5, 0.6) is 0 Å². The third-order valence-corrected chi connectivity index (χ3v) is 3.68. The van der Waals surface area contributed by atoms with Gasteiger partial charge >= 0.3 is 0 Å². The molecule has 0 radical (unpaired) electrons. The molecular formula is C16H24N2O2. The molecule has 1 atom stereocenters. The molecule has 1 unspecified atom stereocenters. The number of benzene rings is 1. The van der Waals surface area contributed by atoms with Crippen LogP contribution in [-0.4, -0.2) is 25.2 Å². The normalized spacial score (nSPS) is 18.7. The molecule has 1 aromatic carbocycles. The van der Waals surface area contributed by atoms with Gasteiger partial charge in [-0.15, -0.1) is 0 Å². The first-order chi connectivity index (χ1) is 9.74. The third kappa shape index (κ3) is 5.21. The molecule has 1 aromatic rings. The fraction of sp³-hybridized carbons (Fsp3) is 0.562. The highest BCUT2D eigenvalue weighted by Gasteiger charge is 2.14. The quantitative estimate of drug-likeness (QED) is 0.783. The lowest BCUT2D eigenvalue weighted by Crippen LogP contribution is -2.27. The van der Waals surface area contributed by atoms with Crippen molar-refractivity contribution in [2.24, 2.45) is 0 Å². The Kier molecular flexibility index (Phi) is 5.87. The summed E-state index contributed by atoms with van der Waals surface area (Å²) in [6.45, 7) is 1.53. The molecule has 0 bridgehead atoms. The van der Waals surface area contributed by atoms with Crippen molar-refractivity contribution >= 4 is 11.6 Å². The van der Waals surface area contributed by atoms with Gasteiger partial charge in [0.1, 0.15) is 0 Å². The van der Waals surface area contributed by atoms with Crippen molar-refractivity contribution < 1.29 is 9.53 Å². The van der Waals surface area contributed by atoms with Crippen molar-refractivity contribution in [1.82, 2.24) is 5.32 Å². The van der Waals surface area contributed by atoms with Crippen LogP contribution in [0.25, 0.3) is 0 Å². The number of anilines is 1. The van der Waals surface area contributed by atoms with Gasteiger partial charge in [0.15, 0.2) is 0 Å². The van der Waals surface area contributed by atoms with Crippen LogP contribution in [0.1, 0.15) is 37.7 Å². The highest BCUT2D eigenvalue weighted by molar-refractivity contribution is 5.75. The summed E-state index contributed by atoms with van der Waals surface area (Å²) >= 11 is 0. The highest BCUT2D eigenvalue weighted by atomic mass is 16.5. The van der Waals surface area contributed by atoms with E-state index < -0.39 is 0 Å². The van der Waals surface area contributed by atoms with Crippen LogP contribution in [0.4, 0.5) is 5.69 Å². The van der Waals surface area contributed by atoms with Crippen molar-refractivity contribution in [2.45, 2.75) is 44.6 Å². The van der Waals surface area contributed by atoms with Crippen LogP contribution in [0.2, 0.25) is 0 Å². The summed E-state index contributed by atoms with van der Waals surface area (Å²) in [5, 5.41) is 2.96. The van der Waals surface area contributed by atoms with E-state index in [1.807, 2.05) is 24.3 Å². The second kappa shape index (κ2) is 7.90. The minimum Gasteiger partial charge on any atom is -0.399 e. The number of hydrogen-bond donors (Lipinski definition) is 2. The minimum atomic E-state index is 0.120. The molecule has 4 heteroatoms. The molecule has 20 heavy (non-hydrogen) atoms. The number of ether oxygens (including phenoxy) is 1. The Morgan fingerprint density at radius 1 is 1.30 bits per heavy atom. The molecular weight excluding hydrogens is 252 g/mol. The zero-order valence-electron chi connectivity index (χ0n) is 11.9. The topological polar surface area (TPSA) is 64.3 Å². The van der Waals surface area contributed by atoms with E-state index in [9.17, 15) is 4.79 Å². The van der Waals surface area contributed by atoms with Gasteiger partial charge in [0.2, 0.25) is 5.91 Å². The lowest BCUT2D eigenvalue weighted by Gasteiger charge is -2.22. The first-order valence-electron chi connectivity index (χ1n) is 7.47. The molecule has 0 aliphatic carbocycles. The number of carbonyl (C=O) groups excluding carboxylic acids is 1. The van der Waals surface area contributed by atoms with Crippen molar-refractivity contribution in [2.75, 3.05) is 18.9 Å². The SMILES string of the molecule is Nc1ccc(CCNC(=O)CCC2CCCCO2)cc1. The number of rotatable bonds is 6. The van der Waals surface area contributed by atoms with Gasteiger partial charge in [0.05, 0.1) is 6.10 Å². The van der Waals surface area contributed by atoms with E-state index in [1.165, 1.54) is 12.0 Å². The Hall–Kier alpha value is -1.55. The summed E-state index contributed by atoms with van der Waals surface area (Å²) in [5.74, 6) is 0.120. The van der Waals surface area contributed by atoms with Crippen LogP contribution in [0, 0.1) is 0 Å². The van der Waals surface area contributed by atoms with Gasteiger partial charge in [-0.05, 0) is 49.8 Å². The minimum absolute atomic E-state index is 0.120.